The van der Waals surface area contributed by atoms with Crippen LogP contribution in [0.25, 0.3) is 11.1 Å². The Hall–Kier alpha value is -3.35. The quantitative estimate of drug-likeness (QED) is 0.518. The molecule has 0 radical (unpaired) electrons. The molecule has 2 aliphatic rings. The fourth-order valence-electron chi connectivity index (χ4n) is 5.54. The first-order chi connectivity index (χ1) is 17.0. The maximum Gasteiger partial charge on any atom is 0.407 e. The van der Waals surface area contributed by atoms with Crippen molar-refractivity contribution >= 4 is 18.0 Å². The van der Waals surface area contributed by atoms with E-state index in [9.17, 15) is 14.4 Å². The van der Waals surface area contributed by atoms with E-state index in [0.29, 0.717) is 13.1 Å². The van der Waals surface area contributed by atoms with Gasteiger partial charge in [-0.15, -0.1) is 0 Å². The second-order valence-electron chi connectivity index (χ2n) is 9.47. The number of carboxylic acid groups (broad SMARTS) is 1. The molecule has 0 aliphatic heterocycles. The predicted molar refractivity (Wildman–Crippen MR) is 133 cm³/mol. The Balaban J connectivity index is 1.31. The molecule has 2 unspecified atom stereocenters. The van der Waals surface area contributed by atoms with Gasteiger partial charge in [0, 0.05) is 31.5 Å². The van der Waals surface area contributed by atoms with Crippen LogP contribution in [0.2, 0.25) is 0 Å². The third-order valence-electron chi connectivity index (χ3n) is 7.23. The van der Waals surface area contributed by atoms with Crippen LogP contribution in [0, 0.1) is 11.8 Å². The summed E-state index contributed by atoms with van der Waals surface area (Å²) in [7, 11) is 0. The summed E-state index contributed by atoms with van der Waals surface area (Å²) in [4.78, 5) is 38.4. The van der Waals surface area contributed by atoms with Crippen LogP contribution < -0.4 is 5.32 Å². The highest BCUT2D eigenvalue weighted by Gasteiger charge is 2.36. The van der Waals surface area contributed by atoms with Crippen molar-refractivity contribution in [2.24, 2.45) is 11.8 Å². The van der Waals surface area contributed by atoms with Crippen molar-refractivity contribution < 1.29 is 24.2 Å². The van der Waals surface area contributed by atoms with E-state index in [1.807, 2.05) is 31.2 Å². The van der Waals surface area contributed by atoms with Gasteiger partial charge in [-0.3, -0.25) is 9.59 Å². The number of aliphatic carboxylic acids is 1. The average Bonchev–Trinajstić information content (AvgIpc) is 3.46. The first-order valence-electron chi connectivity index (χ1n) is 12.6. The first-order valence-corrected chi connectivity index (χ1v) is 12.6. The molecule has 2 atom stereocenters. The number of hydrogen-bond acceptors (Lipinski definition) is 4. The number of hydrogen-bond donors (Lipinski definition) is 2. The smallest absolute Gasteiger partial charge is 0.407 e. The van der Waals surface area contributed by atoms with Gasteiger partial charge in [-0.2, -0.15) is 0 Å². The van der Waals surface area contributed by atoms with Gasteiger partial charge in [0.1, 0.15) is 6.61 Å². The predicted octanol–water partition coefficient (Wildman–Crippen LogP) is 4.65. The molecule has 4 rings (SSSR count). The second-order valence-corrected chi connectivity index (χ2v) is 9.47. The van der Waals surface area contributed by atoms with Crippen molar-refractivity contribution in [2.45, 2.75) is 44.9 Å². The van der Waals surface area contributed by atoms with E-state index in [-0.39, 0.29) is 43.2 Å². The lowest BCUT2D eigenvalue weighted by molar-refractivity contribution is -0.140. The van der Waals surface area contributed by atoms with Crippen LogP contribution in [-0.2, 0) is 14.3 Å². The summed E-state index contributed by atoms with van der Waals surface area (Å²) >= 11 is 0. The minimum Gasteiger partial charge on any atom is -0.481 e. The molecule has 0 spiro atoms. The minimum atomic E-state index is -0.904. The van der Waals surface area contributed by atoms with Gasteiger partial charge in [-0.25, -0.2) is 4.79 Å². The Labute approximate surface area is 206 Å². The van der Waals surface area contributed by atoms with Gasteiger partial charge in [0.25, 0.3) is 0 Å². The number of fused-ring (bicyclic) bond motifs is 3. The van der Waals surface area contributed by atoms with Crippen LogP contribution in [-0.4, -0.2) is 54.2 Å². The van der Waals surface area contributed by atoms with Gasteiger partial charge in [-0.05, 0) is 47.4 Å². The van der Waals surface area contributed by atoms with E-state index in [1.165, 1.54) is 22.3 Å². The van der Waals surface area contributed by atoms with Crippen LogP contribution in [0.15, 0.2) is 48.5 Å². The summed E-state index contributed by atoms with van der Waals surface area (Å²) in [5, 5.41) is 11.9. The number of carboxylic acids is 1. The Morgan fingerprint density at radius 2 is 1.66 bits per heavy atom. The fraction of sp³-hybridized carbons (Fsp3) is 0.464. The van der Waals surface area contributed by atoms with Crippen molar-refractivity contribution in [1.29, 1.82) is 0 Å². The normalized spacial score (nSPS) is 18.5. The van der Waals surface area contributed by atoms with Crippen LogP contribution in [0.3, 0.4) is 0 Å². The highest BCUT2D eigenvalue weighted by atomic mass is 16.5. The zero-order valence-corrected chi connectivity index (χ0v) is 20.2. The lowest BCUT2D eigenvalue weighted by atomic mass is 9.94. The summed E-state index contributed by atoms with van der Waals surface area (Å²) in [5.41, 5.74) is 4.70. The third-order valence-corrected chi connectivity index (χ3v) is 7.23. The maximum atomic E-state index is 13.1. The standard InChI is InChI=1S/C28H34N2O5/c1-2-15-30(16-14-26(31)32)27(33)20-13-7-8-19(20)17-29-28(34)35-18-25-23-11-5-3-9-21(23)22-10-4-6-12-24(22)25/h3-6,9-12,19-20,25H,2,7-8,13-18H2,1H3,(H,29,34)(H,31,32). The molecule has 0 saturated heterocycles. The number of nitrogens with zero attached hydrogens (tertiary/aromatic N) is 1. The van der Waals surface area contributed by atoms with Crippen molar-refractivity contribution in [3.63, 3.8) is 0 Å². The Morgan fingerprint density at radius 1 is 1.00 bits per heavy atom. The molecule has 2 amide bonds. The number of amides is 2. The molecular weight excluding hydrogens is 444 g/mol. The topological polar surface area (TPSA) is 95.9 Å². The van der Waals surface area contributed by atoms with Gasteiger partial charge >= 0.3 is 12.1 Å². The number of carbonyl (C=O) groups is 3. The molecule has 7 heteroatoms. The second kappa shape index (κ2) is 11.4. The van der Waals surface area contributed by atoms with Crippen molar-refractivity contribution in [3.8, 4) is 11.1 Å². The van der Waals surface area contributed by atoms with Crippen molar-refractivity contribution in [2.75, 3.05) is 26.2 Å². The molecule has 1 fully saturated rings. The van der Waals surface area contributed by atoms with E-state index in [0.717, 1.165) is 25.7 Å². The van der Waals surface area contributed by atoms with Gasteiger partial charge in [0.2, 0.25) is 5.91 Å². The number of rotatable bonds is 10. The zero-order valence-electron chi connectivity index (χ0n) is 20.2. The molecule has 0 heterocycles. The number of nitrogens with one attached hydrogen (secondary N) is 1. The number of alkyl carbamates (subject to hydrolysis) is 1. The van der Waals surface area contributed by atoms with Gasteiger partial charge in [0.15, 0.2) is 0 Å². The minimum absolute atomic E-state index is 0.00457. The van der Waals surface area contributed by atoms with E-state index < -0.39 is 12.1 Å². The molecule has 2 aromatic carbocycles. The Kier molecular flexibility index (Phi) is 8.06. The van der Waals surface area contributed by atoms with E-state index in [1.54, 1.807) is 4.90 Å². The number of carbonyl (C=O) groups excluding carboxylic acids is 2. The van der Waals surface area contributed by atoms with E-state index >= 15 is 0 Å². The molecule has 2 N–H and O–H groups in total. The molecule has 0 bridgehead atoms. The molecule has 2 aliphatic carbocycles. The summed E-state index contributed by atoms with van der Waals surface area (Å²) in [5.74, 6) is -1.05. The lowest BCUT2D eigenvalue weighted by Crippen LogP contribution is -2.42. The van der Waals surface area contributed by atoms with Crippen molar-refractivity contribution in [3.05, 3.63) is 59.7 Å². The van der Waals surface area contributed by atoms with Crippen LogP contribution in [0.5, 0.6) is 0 Å². The summed E-state index contributed by atoms with van der Waals surface area (Å²) in [6.45, 7) is 3.39. The molecular formula is C28H34N2O5. The molecule has 2 aromatic rings. The fourth-order valence-corrected chi connectivity index (χ4v) is 5.54. The van der Waals surface area contributed by atoms with Crippen molar-refractivity contribution in [1.82, 2.24) is 10.2 Å². The van der Waals surface area contributed by atoms with Crippen LogP contribution in [0.1, 0.15) is 56.1 Å². The summed E-state index contributed by atoms with van der Waals surface area (Å²) < 4.78 is 5.64. The number of ether oxygens (including phenoxy) is 1. The van der Waals surface area contributed by atoms with Gasteiger partial charge < -0.3 is 20.1 Å². The Bertz CT molecular complexity index is 1020. The average molecular weight is 479 g/mol. The molecule has 7 nitrogen and oxygen atoms in total. The van der Waals surface area contributed by atoms with Gasteiger partial charge in [0.05, 0.1) is 6.42 Å². The lowest BCUT2D eigenvalue weighted by Gasteiger charge is -2.28. The molecule has 35 heavy (non-hydrogen) atoms. The monoisotopic (exact) mass is 478 g/mol. The molecule has 0 aromatic heterocycles. The van der Waals surface area contributed by atoms with Crippen LogP contribution in [0.4, 0.5) is 4.79 Å². The third kappa shape index (κ3) is 5.66. The maximum absolute atomic E-state index is 13.1. The first kappa shape index (κ1) is 24.8. The van der Waals surface area contributed by atoms with E-state index in [4.69, 9.17) is 9.84 Å². The largest absolute Gasteiger partial charge is 0.481 e. The Morgan fingerprint density at radius 3 is 2.29 bits per heavy atom. The molecule has 186 valence electrons. The SMILES string of the molecule is CCCN(CCC(=O)O)C(=O)C1CCCC1CNC(=O)OCC1c2ccccc2-c2ccccc21. The zero-order chi connectivity index (χ0) is 24.8. The van der Waals surface area contributed by atoms with E-state index in [2.05, 4.69) is 29.6 Å². The summed E-state index contributed by atoms with van der Waals surface area (Å²) in [6.07, 6.45) is 2.80. The highest BCUT2D eigenvalue weighted by Crippen LogP contribution is 2.44. The number of benzene rings is 2. The van der Waals surface area contributed by atoms with Gasteiger partial charge in [-0.1, -0.05) is 61.9 Å². The molecule has 1 saturated carbocycles. The van der Waals surface area contributed by atoms with Crippen LogP contribution >= 0.6 is 0 Å². The highest BCUT2D eigenvalue weighted by molar-refractivity contribution is 5.80. The summed E-state index contributed by atoms with van der Waals surface area (Å²) in [6, 6.07) is 16.4.